The molecule has 7 nitrogen and oxygen atoms in total. The highest BCUT2D eigenvalue weighted by atomic mass is 32.1. The molecule has 0 fully saturated rings. The van der Waals surface area contributed by atoms with Crippen LogP contribution in [-0.2, 0) is 4.74 Å². The number of methoxy groups -OCH3 is 1. The Kier molecular flexibility index (Phi) is 6.41. The van der Waals surface area contributed by atoms with E-state index >= 15 is 0 Å². The number of nitrogen functional groups attached to an aromatic ring is 1. The van der Waals surface area contributed by atoms with E-state index in [0.29, 0.717) is 27.4 Å². The maximum atomic E-state index is 13.0. The molecule has 0 radical (unpaired) electrons. The predicted octanol–water partition coefficient (Wildman–Crippen LogP) is 4.55. The molecule has 1 heterocycles. The van der Waals surface area contributed by atoms with E-state index in [0.717, 1.165) is 22.5 Å². The minimum absolute atomic E-state index is 0.155. The fourth-order valence-electron chi connectivity index (χ4n) is 3.04. The summed E-state index contributed by atoms with van der Waals surface area (Å²) in [7, 11) is 1.25. The molecule has 0 spiro atoms. The van der Waals surface area contributed by atoms with E-state index in [-0.39, 0.29) is 16.5 Å². The van der Waals surface area contributed by atoms with Crippen LogP contribution in [0.15, 0.2) is 42.5 Å². The Morgan fingerprint density at radius 2 is 1.58 bits per heavy atom. The molecular formula is C23H23N3O4S. The highest BCUT2D eigenvalue weighted by Crippen LogP contribution is 2.35. The second-order valence-corrected chi connectivity index (χ2v) is 8.05. The molecule has 3 aromatic rings. The van der Waals surface area contributed by atoms with Gasteiger partial charge in [-0.15, -0.1) is 11.3 Å². The minimum atomic E-state index is -0.632. The van der Waals surface area contributed by atoms with Crippen molar-refractivity contribution in [3.63, 3.8) is 0 Å². The highest BCUT2D eigenvalue weighted by Gasteiger charge is 2.27. The first-order valence-electron chi connectivity index (χ1n) is 9.49. The molecule has 0 aliphatic rings. The Morgan fingerprint density at radius 1 is 0.903 bits per heavy atom. The minimum Gasteiger partial charge on any atom is -0.465 e. The number of hydrogen-bond acceptors (Lipinski definition) is 6. The van der Waals surface area contributed by atoms with Crippen molar-refractivity contribution in [2.45, 2.75) is 20.8 Å². The number of anilines is 3. The number of nitrogens with one attached hydrogen (secondary N) is 2. The highest BCUT2D eigenvalue weighted by molar-refractivity contribution is 7.19. The van der Waals surface area contributed by atoms with Crippen LogP contribution in [0.5, 0.6) is 0 Å². The quantitative estimate of drug-likeness (QED) is 0.401. The van der Waals surface area contributed by atoms with Gasteiger partial charge in [0.25, 0.3) is 11.8 Å². The van der Waals surface area contributed by atoms with E-state index in [9.17, 15) is 14.4 Å². The van der Waals surface area contributed by atoms with Gasteiger partial charge >= 0.3 is 5.97 Å². The van der Waals surface area contributed by atoms with Gasteiger partial charge in [-0.05, 0) is 67.8 Å². The summed E-state index contributed by atoms with van der Waals surface area (Å²) in [5.41, 5.74) is 9.85. The van der Waals surface area contributed by atoms with Gasteiger partial charge in [0, 0.05) is 16.9 Å². The Bertz CT molecular complexity index is 1170. The fourth-order valence-corrected chi connectivity index (χ4v) is 4.13. The van der Waals surface area contributed by atoms with Gasteiger partial charge in [-0.1, -0.05) is 12.1 Å². The summed E-state index contributed by atoms with van der Waals surface area (Å²) in [6.07, 6.45) is 0. The topological polar surface area (TPSA) is 111 Å². The number of nitrogens with two attached hydrogens (primary N) is 1. The molecule has 0 bridgehead atoms. The molecule has 0 saturated carbocycles. The zero-order chi connectivity index (χ0) is 22.7. The van der Waals surface area contributed by atoms with Gasteiger partial charge in [0.2, 0.25) is 0 Å². The summed E-state index contributed by atoms with van der Waals surface area (Å²) in [4.78, 5) is 38.4. The van der Waals surface area contributed by atoms with Crippen LogP contribution in [0.2, 0.25) is 0 Å². The van der Waals surface area contributed by atoms with E-state index in [1.165, 1.54) is 7.11 Å². The lowest BCUT2D eigenvalue weighted by atomic mass is 10.1. The molecule has 0 aliphatic carbocycles. The summed E-state index contributed by atoms with van der Waals surface area (Å²) in [6.45, 7) is 5.53. The number of amides is 2. The van der Waals surface area contributed by atoms with E-state index in [1.54, 1.807) is 31.2 Å². The molecule has 2 aromatic carbocycles. The average molecular weight is 438 g/mol. The fraction of sp³-hybridized carbons (Fsp3) is 0.174. The van der Waals surface area contributed by atoms with Crippen molar-refractivity contribution in [3.8, 4) is 0 Å². The summed E-state index contributed by atoms with van der Waals surface area (Å²) >= 11 is 1.02. The molecule has 0 atom stereocenters. The van der Waals surface area contributed by atoms with Crippen LogP contribution < -0.4 is 16.4 Å². The molecule has 1 aromatic heterocycles. The first kappa shape index (κ1) is 22.0. The Morgan fingerprint density at radius 3 is 2.23 bits per heavy atom. The smallest absolute Gasteiger partial charge is 0.341 e. The largest absolute Gasteiger partial charge is 0.465 e. The SMILES string of the molecule is COC(=O)c1c(NC(=O)c2ccc(N)cc2)sc(C(=O)Nc2cccc(C)c2C)c1C. The third-order valence-corrected chi connectivity index (χ3v) is 6.20. The van der Waals surface area contributed by atoms with Crippen molar-refractivity contribution in [1.82, 2.24) is 0 Å². The number of aryl methyl sites for hydroxylation is 1. The normalized spacial score (nSPS) is 10.5. The molecule has 2 amide bonds. The Balaban J connectivity index is 1.95. The van der Waals surface area contributed by atoms with E-state index < -0.39 is 11.9 Å². The molecule has 3 rings (SSSR count). The number of benzene rings is 2. The molecule has 0 aliphatic heterocycles. The van der Waals surface area contributed by atoms with E-state index in [4.69, 9.17) is 10.5 Å². The van der Waals surface area contributed by atoms with Crippen LogP contribution in [0, 0.1) is 20.8 Å². The molecule has 4 N–H and O–H groups in total. The monoisotopic (exact) mass is 437 g/mol. The summed E-state index contributed by atoms with van der Waals surface area (Å²) in [6, 6.07) is 12.0. The second-order valence-electron chi connectivity index (χ2n) is 7.03. The predicted molar refractivity (Wildman–Crippen MR) is 123 cm³/mol. The second kappa shape index (κ2) is 9.01. The lowest BCUT2D eigenvalue weighted by molar-refractivity contribution is 0.0601. The third kappa shape index (κ3) is 4.59. The maximum Gasteiger partial charge on any atom is 0.341 e. The van der Waals surface area contributed by atoms with Gasteiger partial charge in [0.05, 0.1) is 17.6 Å². The molecule has 8 heteroatoms. The number of hydrogen-bond donors (Lipinski definition) is 3. The maximum absolute atomic E-state index is 13.0. The lowest BCUT2D eigenvalue weighted by Gasteiger charge is -2.10. The van der Waals surface area contributed by atoms with Gasteiger partial charge in [0.15, 0.2) is 0 Å². The Labute approximate surface area is 184 Å². The van der Waals surface area contributed by atoms with Gasteiger partial charge in [0.1, 0.15) is 5.00 Å². The number of thiophene rings is 1. The van der Waals surface area contributed by atoms with Crippen molar-refractivity contribution in [3.05, 3.63) is 75.2 Å². The van der Waals surface area contributed by atoms with Gasteiger partial charge < -0.3 is 21.1 Å². The first-order chi connectivity index (χ1) is 14.7. The zero-order valence-corrected chi connectivity index (χ0v) is 18.5. The van der Waals surface area contributed by atoms with Gasteiger partial charge in [-0.25, -0.2) is 4.79 Å². The molecule has 160 valence electrons. The number of rotatable bonds is 5. The average Bonchev–Trinajstić information content (AvgIpc) is 3.07. The van der Waals surface area contributed by atoms with Crippen molar-refractivity contribution in [1.29, 1.82) is 0 Å². The van der Waals surface area contributed by atoms with Crippen molar-refractivity contribution >= 4 is 45.5 Å². The zero-order valence-electron chi connectivity index (χ0n) is 17.7. The number of carbonyl (C=O) groups is 3. The number of carbonyl (C=O) groups excluding carboxylic acids is 3. The standard InChI is InChI=1S/C23H23N3O4S/c1-12-6-5-7-17(13(12)2)25-21(28)19-14(3)18(23(29)30-4)22(31-19)26-20(27)15-8-10-16(24)11-9-15/h5-11H,24H2,1-4H3,(H,25,28)(H,26,27). The molecule has 31 heavy (non-hydrogen) atoms. The Hall–Kier alpha value is -3.65. The number of ether oxygens (including phenoxy) is 1. The molecule has 0 saturated heterocycles. The van der Waals surface area contributed by atoms with E-state index in [1.807, 2.05) is 32.0 Å². The number of esters is 1. The molecule has 0 unspecified atom stereocenters. The van der Waals surface area contributed by atoms with Crippen LogP contribution in [0.1, 0.15) is 47.1 Å². The lowest BCUT2D eigenvalue weighted by Crippen LogP contribution is -2.14. The van der Waals surface area contributed by atoms with Crippen LogP contribution >= 0.6 is 11.3 Å². The van der Waals surface area contributed by atoms with E-state index in [2.05, 4.69) is 10.6 Å². The van der Waals surface area contributed by atoms with Crippen molar-refractivity contribution in [2.75, 3.05) is 23.5 Å². The summed E-state index contributed by atoms with van der Waals surface area (Å²) < 4.78 is 4.88. The van der Waals surface area contributed by atoms with Crippen molar-refractivity contribution < 1.29 is 19.1 Å². The summed E-state index contributed by atoms with van der Waals surface area (Å²) in [5, 5.41) is 5.86. The third-order valence-electron chi connectivity index (χ3n) is 5.00. The van der Waals surface area contributed by atoms with Crippen molar-refractivity contribution in [2.24, 2.45) is 0 Å². The molecular weight excluding hydrogens is 414 g/mol. The first-order valence-corrected chi connectivity index (χ1v) is 10.3. The van der Waals surface area contributed by atoms with Gasteiger partial charge in [-0.3, -0.25) is 9.59 Å². The van der Waals surface area contributed by atoms with Crippen LogP contribution in [-0.4, -0.2) is 24.9 Å². The van der Waals surface area contributed by atoms with Gasteiger partial charge in [-0.2, -0.15) is 0 Å². The van der Waals surface area contributed by atoms with Crippen LogP contribution in [0.25, 0.3) is 0 Å². The summed E-state index contributed by atoms with van der Waals surface area (Å²) in [5.74, 6) is -1.42. The van der Waals surface area contributed by atoms with Crippen LogP contribution in [0.4, 0.5) is 16.4 Å². The van der Waals surface area contributed by atoms with Crippen LogP contribution in [0.3, 0.4) is 0 Å².